The Labute approximate surface area is 103 Å². The number of hydrogen-bond donors (Lipinski definition) is 0. The smallest absolute Gasteiger partial charge is 0.108 e. The summed E-state index contributed by atoms with van der Waals surface area (Å²) >= 11 is 0. The Morgan fingerprint density at radius 3 is 2.06 bits per heavy atom. The minimum absolute atomic E-state index is 0.282. The lowest BCUT2D eigenvalue weighted by Gasteiger charge is -2.36. The Bertz CT molecular complexity index is 466. The third-order valence-corrected chi connectivity index (χ3v) is 4.03. The van der Waals surface area contributed by atoms with Gasteiger partial charge in [-0.3, -0.25) is 0 Å². The first-order chi connectivity index (χ1) is 7.99. The van der Waals surface area contributed by atoms with E-state index in [1.54, 1.807) is 0 Å². The van der Waals surface area contributed by atoms with Gasteiger partial charge in [0.1, 0.15) is 5.41 Å². The van der Waals surface area contributed by atoms with Crippen LogP contribution in [0.15, 0.2) is 6.07 Å². The molecule has 2 nitrogen and oxygen atoms in total. The lowest BCUT2D eigenvalue weighted by molar-refractivity contribution is -0.0766. The third-order valence-electron chi connectivity index (χ3n) is 4.03. The molecule has 1 aliphatic heterocycles. The van der Waals surface area contributed by atoms with E-state index in [9.17, 15) is 5.26 Å². The van der Waals surface area contributed by atoms with E-state index in [1.807, 2.05) is 0 Å². The van der Waals surface area contributed by atoms with E-state index in [0.717, 1.165) is 6.42 Å². The van der Waals surface area contributed by atoms with Crippen molar-refractivity contribution in [2.75, 3.05) is 13.2 Å². The molecule has 0 aromatic heterocycles. The molecule has 17 heavy (non-hydrogen) atoms. The molecular formula is C15H19NO. The molecule has 1 fully saturated rings. The second-order valence-electron chi connectivity index (χ2n) is 5.30. The summed E-state index contributed by atoms with van der Waals surface area (Å²) in [5.41, 5.74) is 6.35. The Balaban J connectivity index is 2.42. The highest BCUT2D eigenvalue weighted by atomic mass is 16.5. The molecule has 0 unspecified atom stereocenters. The second-order valence-corrected chi connectivity index (χ2v) is 5.30. The molecule has 1 aromatic carbocycles. The highest BCUT2D eigenvalue weighted by Crippen LogP contribution is 2.34. The van der Waals surface area contributed by atoms with Gasteiger partial charge in [-0.25, -0.2) is 0 Å². The van der Waals surface area contributed by atoms with Crippen LogP contribution in [0.2, 0.25) is 0 Å². The number of hydrogen-bond acceptors (Lipinski definition) is 2. The van der Waals surface area contributed by atoms with E-state index < -0.39 is 0 Å². The average molecular weight is 229 g/mol. The fourth-order valence-electron chi connectivity index (χ4n) is 2.46. The molecule has 0 bridgehead atoms. The van der Waals surface area contributed by atoms with Crippen LogP contribution in [0.4, 0.5) is 0 Å². The molecule has 1 heterocycles. The minimum Gasteiger partial charge on any atom is -0.378 e. The van der Waals surface area contributed by atoms with Gasteiger partial charge in [-0.1, -0.05) is 6.07 Å². The van der Waals surface area contributed by atoms with E-state index >= 15 is 0 Å². The van der Waals surface area contributed by atoms with Crippen LogP contribution in [0.25, 0.3) is 0 Å². The molecule has 0 radical (unpaired) electrons. The van der Waals surface area contributed by atoms with E-state index in [4.69, 9.17) is 4.74 Å². The predicted octanol–water partition coefficient (Wildman–Crippen LogP) is 3.00. The number of aryl methyl sites for hydroxylation is 2. The van der Waals surface area contributed by atoms with Gasteiger partial charge in [0.2, 0.25) is 0 Å². The summed E-state index contributed by atoms with van der Waals surface area (Å²) in [5, 5.41) is 9.29. The third kappa shape index (κ3) is 1.96. The second kappa shape index (κ2) is 4.16. The summed E-state index contributed by atoms with van der Waals surface area (Å²) in [7, 11) is 0. The van der Waals surface area contributed by atoms with Crippen molar-refractivity contribution in [1.29, 1.82) is 5.26 Å². The fraction of sp³-hybridized carbons (Fsp3) is 0.533. The van der Waals surface area contributed by atoms with Crippen LogP contribution >= 0.6 is 0 Å². The Morgan fingerprint density at radius 2 is 1.71 bits per heavy atom. The number of ether oxygens (including phenoxy) is 1. The van der Waals surface area contributed by atoms with Gasteiger partial charge in [0.15, 0.2) is 0 Å². The van der Waals surface area contributed by atoms with E-state index in [2.05, 4.69) is 39.8 Å². The number of nitrogens with zero attached hydrogens (tertiary/aromatic N) is 1. The van der Waals surface area contributed by atoms with Crippen molar-refractivity contribution >= 4 is 0 Å². The summed E-state index contributed by atoms with van der Waals surface area (Å²) in [4.78, 5) is 0. The molecule has 0 spiro atoms. The van der Waals surface area contributed by atoms with Crippen LogP contribution in [0, 0.1) is 44.4 Å². The highest BCUT2D eigenvalue weighted by molar-refractivity contribution is 5.45. The molecule has 1 aliphatic rings. The summed E-state index contributed by atoms with van der Waals surface area (Å²) in [5.74, 6) is 0. The summed E-state index contributed by atoms with van der Waals surface area (Å²) in [6.07, 6.45) is 0.823. The maximum atomic E-state index is 9.29. The first kappa shape index (κ1) is 12.1. The van der Waals surface area contributed by atoms with Crippen LogP contribution in [0.3, 0.4) is 0 Å². The van der Waals surface area contributed by atoms with Gasteiger partial charge in [0.25, 0.3) is 0 Å². The average Bonchev–Trinajstić information content (AvgIpc) is 2.25. The van der Waals surface area contributed by atoms with Crippen molar-refractivity contribution in [1.82, 2.24) is 0 Å². The Hall–Kier alpha value is -1.33. The first-order valence-electron chi connectivity index (χ1n) is 6.04. The lowest BCUT2D eigenvalue weighted by atomic mass is 9.78. The molecule has 0 N–H and O–H groups in total. The Kier molecular flexibility index (Phi) is 2.97. The van der Waals surface area contributed by atoms with Gasteiger partial charge in [0, 0.05) is 0 Å². The van der Waals surface area contributed by atoms with Gasteiger partial charge < -0.3 is 4.74 Å². The van der Waals surface area contributed by atoms with Gasteiger partial charge in [-0.05, 0) is 61.9 Å². The van der Waals surface area contributed by atoms with Crippen molar-refractivity contribution in [3.05, 3.63) is 33.9 Å². The van der Waals surface area contributed by atoms with Gasteiger partial charge in [0.05, 0.1) is 19.3 Å². The lowest BCUT2D eigenvalue weighted by Crippen LogP contribution is -2.43. The normalized spacial score (nSPS) is 17.4. The molecular weight excluding hydrogens is 210 g/mol. The SMILES string of the molecule is Cc1cc(C)c(C)c(CC2(C#N)COC2)c1C. The molecule has 0 amide bonds. The number of rotatable bonds is 2. The highest BCUT2D eigenvalue weighted by Gasteiger charge is 2.39. The zero-order valence-electron chi connectivity index (χ0n) is 11.1. The van der Waals surface area contributed by atoms with Crippen LogP contribution in [-0.2, 0) is 11.2 Å². The van der Waals surface area contributed by atoms with Crippen LogP contribution in [0.1, 0.15) is 27.8 Å². The zero-order valence-corrected chi connectivity index (χ0v) is 11.1. The fourth-order valence-corrected chi connectivity index (χ4v) is 2.46. The summed E-state index contributed by atoms with van der Waals surface area (Å²) in [6.45, 7) is 9.75. The van der Waals surface area contributed by atoms with Crippen LogP contribution < -0.4 is 0 Å². The van der Waals surface area contributed by atoms with E-state index in [0.29, 0.717) is 13.2 Å². The van der Waals surface area contributed by atoms with E-state index in [-0.39, 0.29) is 5.41 Å². The monoisotopic (exact) mass is 229 g/mol. The van der Waals surface area contributed by atoms with Crippen LogP contribution in [-0.4, -0.2) is 13.2 Å². The topological polar surface area (TPSA) is 33.0 Å². The van der Waals surface area contributed by atoms with Gasteiger partial charge in [-0.2, -0.15) is 5.26 Å². The molecule has 2 rings (SSSR count). The zero-order chi connectivity index (χ0) is 12.6. The van der Waals surface area contributed by atoms with Gasteiger partial charge in [-0.15, -0.1) is 0 Å². The van der Waals surface area contributed by atoms with Crippen molar-refractivity contribution in [2.24, 2.45) is 5.41 Å². The molecule has 1 aromatic rings. The van der Waals surface area contributed by atoms with E-state index in [1.165, 1.54) is 27.8 Å². The van der Waals surface area contributed by atoms with Crippen LogP contribution in [0.5, 0.6) is 0 Å². The van der Waals surface area contributed by atoms with Crippen molar-refractivity contribution in [3.8, 4) is 6.07 Å². The molecule has 90 valence electrons. The molecule has 0 aliphatic carbocycles. The molecule has 0 atom stereocenters. The van der Waals surface area contributed by atoms with Crippen molar-refractivity contribution in [3.63, 3.8) is 0 Å². The number of nitriles is 1. The maximum absolute atomic E-state index is 9.29. The van der Waals surface area contributed by atoms with Gasteiger partial charge >= 0.3 is 0 Å². The number of benzene rings is 1. The molecule has 2 heteroatoms. The first-order valence-corrected chi connectivity index (χ1v) is 6.04. The minimum atomic E-state index is -0.282. The maximum Gasteiger partial charge on any atom is 0.108 e. The van der Waals surface area contributed by atoms with Crippen molar-refractivity contribution < 1.29 is 4.74 Å². The predicted molar refractivity (Wildman–Crippen MR) is 68.0 cm³/mol. The largest absolute Gasteiger partial charge is 0.378 e. The summed E-state index contributed by atoms with van der Waals surface area (Å²) in [6, 6.07) is 4.66. The molecule has 1 saturated heterocycles. The van der Waals surface area contributed by atoms with Crippen molar-refractivity contribution in [2.45, 2.75) is 34.1 Å². The molecule has 0 saturated carbocycles. The summed E-state index contributed by atoms with van der Waals surface area (Å²) < 4.78 is 5.22. The quantitative estimate of drug-likeness (QED) is 0.781. The Morgan fingerprint density at radius 1 is 1.18 bits per heavy atom. The standard InChI is InChI=1S/C15H19NO/c1-10-5-11(2)13(4)14(12(10)3)6-15(7-16)8-17-9-15/h5H,6,8-9H2,1-4H3.